The van der Waals surface area contributed by atoms with Gasteiger partial charge < -0.3 is 19.4 Å². The fourth-order valence-corrected chi connectivity index (χ4v) is 12.0. The number of benzene rings is 2. The number of aliphatic carboxylic acids is 1. The van der Waals surface area contributed by atoms with E-state index >= 15 is 0 Å². The molecular weight excluding hydrogens is 743 g/mol. The number of rotatable bonds is 11. The summed E-state index contributed by atoms with van der Waals surface area (Å²) in [5.74, 6) is -2.16. The van der Waals surface area contributed by atoms with Crippen molar-refractivity contribution in [1.82, 2.24) is 4.57 Å². The van der Waals surface area contributed by atoms with E-state index in [0.29, 0.717) is 21.9 Å². The molecular formula is C29H28N3O6S8-. The predicted molar refractivity (Wildman–Crippen MR) is 193 cm³/mol. The van der Waals surface area contributed by atoms with Gasteiger partial charge in [-0.25, -0.2) is 8.42 Å². The molecule has 2 aromatic carbocycles. The summed E-state index contributed by atoms with van der Waals surface area (Å²) in [7, 11) is -4.64. The van der Waals surface area contributed by atoms with E-state index in [4.69, 9.17) is 0 Å². The Hall–Kier alpha value is -1.83. The summed E-state index contributed by atoms with van der Waals surface area (Å²) < 4.78 is 40.8. The normalized spacial score (nSPS) is 15.1. The fraction of sp³-hybridized carbons (Fsp3) is 0.276. The van der Waals surface area contributed by atoms with Gasteiger partial charge in [-0.2, -0.15) is 4.57 Å². The van der Waals surface area contributed by atoms with Gasteiger partial charge in [-0.3, -0.25) is 9.36 Å². The Morgan fingerprint density at radius 2 is 1.59 bits per heavy atom. The Balaban J connectivity index is 1.66. The summed E-state index contributed by atoms with van der Waals surface area (Å²) in [6.07, 6.45) is 12.9. The van der Waals surface area contributed by atoms with Gasteiger partial charge >= 0.3 is 0 Å². The van der Waals surface area contributed by atoms with Gasteiger partial charge in [0, 0.05) is 30.5 Å². The predicted octanol–water partition coefficient (Wildman–Crippen LogP) is 3.64. The van der Waals surface area contributed by atoms with E-state index in [0.717, 1.165) is 41.2 Å². The van der Waals surface area contributed by atoms with Gasteiger partial charge in [0.2, 0.25) is 5.52 Å². The standard InChI is InChI=1S/C29H29N3O6S8/c1-6-30-16-9-21(39-2)23(41-4)11-19(16)45-26(30)13-27-31(14-28(33)34)29(35)18(43-27)7-8-25-32(15-46(36,37)38)17-10-22(40-3)24(42-5)12-20(17)44-25/h7-13H,6,14-15H2,1-5H3,(H-,33,34,36,37,38)/p-1/b18-7+,25-8-. The van der Waals surface area contributed by atoms with Crippen molar-refractivity contribution < 1.29 is 27.4 Å². The molecule has 0 amide bonds. The molecule has 0 spiro atoms. The van der Waals surface area contributed by atoms with Crippen molar-refractivity contribution in [2.24, 2.45) is 0 Å². The summed E-state index contributed by atoms with van der Waals surface area (Å²) in [4.78, 5) is 31.8. The lowest BCUT2D eigenvalue weighted by atomic mass is 10.3. The van der Waals surface area contributed by atoms with Crippen molar-refractivity contribution in [1.29, 1.82) is 0 Å². The Morgan fingerprint density at radius 3 is 2.20 bits per heavy atom. The van der Waals surface area contributed by atoms with Gasteiger partial charge in [0.05, 0.1) is 33.8 Å². The highest BCUT2D eigenvalue weighted by Crippen LogP contribution is 2.49. The van der Waals surface area contributed by atoms with Gasteiger partial charge in [0.1, 0.15) is 31.9 Å². The Kier molecular flexibility index (Phi) is 11.4. The zero-order chi connectivity index (χ0) is 33.3. The molecule has 2 aromatic heterocycles. The first-order chi connectivity index (χ1) is 21.9. The van der Waals surface area contributed by atoms with Crippen LogP contribution in [0.4, 0.5) is 5.69 Å². The molecule has 0 bridgehead atoms. The van der Waals surface area contributed by atoms with Crippen LogP contribution in [0, 0.1) is 0 Å². The highest BCUT2D eigenvalue weighted by atomic mass is 32.2. The number of thioether (sulfide) groups is 5. The summed E-state index contributed by atoms with van der Waals surface area (Å²) in [6.45, 7) is 2.09. The average molecular weight is 771 g/mol. The average Bonchev–Trinajstić information content (AvgIpc) is 3.63. The van der Waals surface area contributed by atoms with Crippen LogP contribution in [-0.2, 0) is 28.0 Å². The first kappa shape index (κ1) is 35.5. The zero-order valence-electron chi connectivity index (χ0n) is 25.2. The highest BCUT2D eigenvalue weighted by molar-refractivity contribution is 8.04. The van der Waals surface area contributed by atoms with Crippen molar-refractivity contribution in [2.45, 2.75) is 44.5 Å². The van der Waals surface area contributed by atoms with Crippen LogP contribution in [0.3, 0.4) is 0 Å². The van der Waals surface area contributed by atoms with Crippen LogP contribution in [-0.4, -0.2) is 54.4 Å². The number of allylic oxidation sites excluding steroid dienone is 1. The number of carboxylic acids is 1. The van der Waals surface area contributed by atoms with Crippen LogP contribution in [0.25, 0.3) is 22.4 Å². The third kappa shape index (κ3) is 7.42. The molecule has 0 saturated carbocycles. The van der Waals surface area contributed by atoms with E-state index in [2.05, 4.69) is 16.7 Å². The monoisotopic (exact) mass is 770 g/mol. The lowest BCUT2D eigenvalue weighted by molar-refractivity contribution is -0.665. The Labute approximate surface area is 295 Å². The van der Waals surface area contributed by atoms with Crippen LogP contribution in [0.1, 0.15) is 11.9 Å². The molecule has 9 nitrogen and oxygen atoms in total. The smallest absolute Gasteiger partial charge is 0.269 e. The van der Waals surface area contributed by atoms with Gasteiger partial charge in [-0.05, 0) is 62.3 Å². The lowest BCUT2D eigenvalue weighted by Gasteiger charge is -2.22. The molecule has 1 aliphatic heterocycles. The Morgan fingerprint density at radius 1 is 0.957 bits per heavy atom. The molecule has 0 radical (unpaired) electrons. The molecule has 0 aliphatic carbocycles. The van der Waals surface area contributed by atoms with Crippen molar-refractivity contribution in [3.05, 3.63) is 59.9 Å². The van der Waals surface area contributed by atoms with E-state index in [1.807, 2.05) is 50.2 Å². The van der Waals surface area contributed by atoms with E-state index in [1.54, 1.807) is 58.8 Å². The maximum atomic E-state index is 13.5. The topological polar surface area (TPSA) is 126 Å². The van der Waals surface area contributed by atoms with E-state index in [9.17, 15) is 27.7 Å². The van der Waals surface area contributed by atoms with Gasteiger partial charge in [0.15, 0.2) is 0 Å². The maximum absolute atomic E-state index is 13.5. The molecule has 0 atom stereocenters. The number of hydrogen-bond acceptors (Lipinski definition) is 14. The molecule has 46 heavy (non-hydrogen) atoms. The number of aryl methyl sites for hydroxylation is 1. The SMILES string of the molecule is CC[n+]1c(C=c2s/c(=C/C=C3\Sc4cc(SC)c(SC)cc4N3CS(=O)(=O)[O-])c(=O)n2CC(=O)[O-])sc2cc(SC)c(SC)cc21. The first-order valence-corrected chi connectivity index (χ1v) is 22.4. The van der Waals surface area contributed by atoms with E-state index in [1.165, 1.54) is 42.8 Å². The zero-order valence-corrected chi connectivity index (χ0v) is 31.8. The molecule has 0 saturated heterocycles. The number of carbonyl (C=O) groups is 1. The Bertz CT molecular complexity index is 2170. The molecule has 5 rings (SSSR count). The highest BCUT2D eigenvalue weighted by Gasteiger charge is 2.28. The minimum absolute atomic E-state index is 0.259. The summed E-state index contributed by atoms with van der Waals surface area (Å²) in [5, 5.41) is 13.0. The molecule has 1 aliphatic rings. The number of aromatic nitrogens is 2. The second kappa shape index (κ2) is 14.7. The molecule has 4 aromatic rings. The molecule has 244 valence electrons. The number of nitrogens with zero attached hydrogens (tertiary/aromatic N) is 3. The van der Waals surface area contributed by atoms with Crippen LogP contribution < -0.4 is 29.3 Å². The summed E-state index contributed by atoms with van der Waals surface area (Å²) in [5.41, 5.74) is 1.15. The van der Waals surface area contributed by atoms with Crippen molar-refractivity contribution >= 4 is 126 Å². The summed E-state index contributed by atoms with van der Waals surface area (Å²) >= 11 is 10.5. The maximum Gasteiger partial charge on any atom is 0.269 e. The molecule has 0 unspecified atom stereocenters. The number of carbonyl (C=O) groups excluding carboxylic acids is 1. The van der Waals surface area contributed by atoms with E-state index in [-0.39, 0.29) is 4.53 Å². The quantitative estimate of drug-likeness (QED) is 0.126. The minimum Gasteiger partial charge on any atom is -0.747 e. The second-order valence-corrected chi connectivity index (χ2v) is 17.6. The van der Waals surface area contributed by atoms with Crippen LogP contribution in [0.5, 0.6) is 0 Å². The van der Waals surface area contributed by atoms with Gasteiger partial charge in [-0.1, -0.05) is 23.1 Å². The second-order valence-electron chi connectivity index (χ2n) is 9.64. The molecule has 3 heterocycles. The van der Waals surface area contributed by atoms with Gasteiger partial charge in [-0.15, -0.1) is 58.4 Å². The largest absolute Gasteiger partial charge is 0.747 e. The van der Waals surface area contributed by atoms with Crippen LogP contribution in [0.15, 0.2) is 64.6 Å². The third-order valence-electron chi connectivity index (χ3n) is 6.92. The molecule has 0 fully saturated rings. The minimum atomic E-state index is -4.64. The van der Waals surface area contributed by atoms with Crippen molar-refractivity contribution in [2.75, 3.05) is 35.8 Å². The van der Waals surface area contributed by atoms with Gasteiger partial charge in [0.25, 0.3) is 10.6 Å². The lowest BCUT2D eigenvalue weighted by Crippen LogP contribution is -2.39. The molecule has 0 N–H and O–H groups in total. The van der Waals surface area contributed by atoms with Crippen molar-refractivity contribution in [3.8, 4) is 0 Å². The van der Waals surface area contributed by atoms with Crippen LogP contribution in [0.2, 0.25) is 0 Å². The number of fused-ring (bicyclic) bond motifs is 2. The van der Waals surface area contributed by atoms with Crippen molar-refractivity contribution in [3.63, 3.8) is 0 Å². The van der Waals surface area contributed by atoms with E-state index < -0.39 is 34.1 Å². The number of thiazole rings is 2. The first-order valence-electron chi connectivity index (χ1n) is 13.5. The number of carboxylic acid groups (broad SMARTS) is 1. The van der Waals surface area contributed by atoms with Crippen LogP contribution >= 0.6 is 81.5 Å². The number of hydrogen-bond donors (Lipinski definition) is 0. The number of anilines is 1. The third-order valence-corrected chi connectivity index (χ3v) is 14.2. The summed E-state index contributed by atoms with van der Waals surface area (Å²) in [6, 6.07) is 8.15. The molecule has 17 heteroatoms. The fourth-order valence-electron chi connectivity index (χ4n) is 4.89.